The molecule has 2 heterocycles. The Morgan fingerprint density at radius 3 is 2.16 bits per heavy atom. The second kappa shape index (κ2) is 9.89. The molecule has 4 nitrogen and oxygen atoms in total. The van der Waals surface area contributed by atoms with Crippen LogP contribution < -0.4 is 5.32 Å². The van der Waals surface area contributed by atoms with Crippen LogP contribution in [-0.4, -0.2) is 16.7 Å². The molecule has 162 valence electrons. The molecule has 1 N–H and O–H groups in total. The lowest BCUT2D eigenvalue weighted by atomic mass is 10.1. The molecular formula is C25H21FN2O2S2. The monoisotopic (exact) mass is 464 g/mol. The van der Waals surface area contributed by atoms with Gasteiger partial charge in [-0.25, -0.2) is 4.39 Å². The number of anilines is 1. The van der Waals surface area contributed by atoms with Gasteiger partial charge in [0.15, 0.2) is 0 Å². The Bertz CT molecular complexity index is 1180. The second-order valence-corrected chi connectivity index (χ2v) is 9.35. The minimum atomic E-state index is -0.590. The zero-order valence-electron chi connectivity index (χ0n) is 17.4. The number of nitrogens with zero attached hydrogens (tertiary/aromatic N) is 1. The third-order valence-electron chi connectivity index (χ3n) is 4.99. The van der Waals surface area contributed by atoms with Crippen molar-refractivity contribution in [1.82, 2.24) is 4.90 Å². The van der Waals surface area contributed by atoms with Crippen LogP contribution in [0, 0.1) is 12.7 Å². The van der Waals surface area contributed by atoms with Crippen LogP contribution in [0.1, 0.15) is 36.0 Å². The molecule has 4 rings (SSSR count). The average molecular weight is 465 g/mol. The van der Waals surface area contributed by atoms with E-state index in [9.17, 15) is 14.0 Å². The van der Waals surface area contributed by atoms with E-state index in [4.69, 9.17) is 0 Å². The van der Waals surface area contributed by atoms with Crippen molar-refractivity contribution in [2.75, 3.05) is 5.32 Å². The smallest absolute Gasteiger partial charge is 0.258 e. The Kier molecular flexibility index (Phi) is 6.78. The molecule has 0 fully saturated rings. The van der Waals surface area contributed by atoms with Crippen LogP contribution in [0.2, 0.25) is 0 Å². The van der Waals surface area contributed by atoms with Crippen LogP contribution in [-0.2, 0) is 13.1 Å². The summed E-state index contributed by atoms with van der Waals surface area (Å²) in [5.74, 6) is -1.27. The fourth-order valence-corrected chi connectivity index (χ4v) is 4.73. The van der Waals surface area contributed by atoms with E-state index in [1.165, 1.54) is 18.2 Å². The number of carbonyl (C=O) groups is 2. The molecule has 0 saturated heterocycles. The van der Waals surface area contributed by atoms with E-state index in [0.717, 1.165) is 15.3 Å². The SMILES string of the molecule is Cc1ccc(C(=O)N(Cc2cccs2)Cc2cccs2)cc1NC(=O)c1ccccc1F. The molecule has 0 unspecified atom stereocenters. The van der Waals surface area contributed by atoms with Crippen molar-refractivity contribution < 1.29 is 14.0 Å². The van der Waals surface area contributed by atoms with Crippen molar-refractivity contribution in [2.24, 2.45) is 0 Å². The average Bonchev–Trinajstić information content (AvgIpc) is 3.49. The van der Waals surface area contributed by atoms with Crippen LogP contribution in [0.3, 0.4) is 0 Å². The molecular weight excluding hydrogens is 443 g/mol. The topological polar surface area (TPSA) is 49.4 Å². The summed E-state index contributed by atoms with van der Waals surface area (Å²) in [5.41, 5.74) is 1.69. The standard InChI is InChI=1S/C25H21FN2O2S2/c1-17-10-11-18(14-23(17)27-24(29)21-8-2-3-9-22(21)26)25(30)28(15-19-6-4-12-31-19)16-20-7-5-13-32-20/h2-14H,15-16H2,1H3,(H,27,29). The summed E-state index contributed by atoms with van der Waals surface area (Å²) in [7, 11) is 0. The van der Waals surface area contributed by atoms with Crippen LogP contribution in [0.15, 0.2) is 77.5 Å². The molecule has 2 aromatic heterocycles. The summed E-state index contributed by atoms with van der Waals surface area (Å²) in [6, 6.07) is 19.0. The molecule has 7 heteroatoms. The zero-order chi connectivity index (χ0) is 22.5. The molecule has 0 radical (unpaired) electrons. The van der Waals surface area contributed by atoms with Crippen molar-refractivity contribution in [3.8, 4) is 0 Å². The van der Waals surface area contributed by atoms with E-state index in [1.807, 2.05) is 41.9 Å². The van der Waals surface area contributed by atoms with Crippen molar-refractivity contribution in [1.29, 1.82) is 0 Å². The molecule has 0 bridgehead atoms. The third kappa shape index (κ3) is 5.12. The van der Waals surface area contributed by atoms with Crippen molar-refractivity contribution >= 4 is 40.2 Å². The summed E-state index contributed by atoms with van der Waals surface area (Å²) in [5, 5.41) is 6.73. The van der Waals surface area contributed by atoms with Gasteiger partial charge in [0.25, 0.3) is 11.8 Å². The number of thiophene rings is 2. The Balaban J connectivity index is 1.59. The van der Waals surface area contributed by atoms with Crippen molar-refractivity contribution in [3.63, 3.8) is 0 Å². The van der Waals surface area contributed by atoms with Crippen LogP contribution >= 0.6 is 22.7 Å². The quantitative estimate of drug-likeness (QED) is 0.346. The highest BCUT2D eigenvalue weighted by molar-refractivity contribution is 7.10. The van der Waals surface area contributed by atoms with Gasteiger partial charge in [-0.2, -0.15) is 0 Å². The number of hydrogen-bond acceptors (Lipinski definition) is 4. The molecule has 0 saturated carbocycles. The molecule has 32 heavy (non-hydrogen) atoms. The van der Waals surface area contributed by atoms with Crippen molar-refractivity contribution in [2.45, 2.75) is 20.0 Å². The van der Waals surface area contributed by atoms with E-state index in [1.54, 1.807) is 51.8 Å². The predicted molar refractivity (Wildman–Crippen MR) is 128 cm³/mol. The number of aryl methyl sites for hydroxylation is 1. The predicted octanol–water partition coefficient (Wildman–Crippen LogP) is 6.35. The number of benzene rings is 2. The molecule has 0 aliphatic heterocycles. The lowest BCUT2D eigenvalue weighted by Gasteiger charge is -2.22. The Morgan fingerprint density at radius 1 is 0.906 bits per heavy atom. The molecule has 2 amide bonds. The second-order valence-electron chi connectivity index (χ2n) is 7.28. The van der Waals surface area contributed by atoms with Gasteiger partial charge < -0.3 is 10.2 Å². The number of halogens is 1. The van der Waals surface area contributed by atoms with E-state index in [-0.39, 0.29) is 11.5 Å². The first-order valence-electron chi connectivity index (χ1n) is 10.0. The van der Waals surface area contributed by atoms with Gasteiger partial charge in [0.1, 0.15) is 5.82 Å². The first-order chi connectivity index (χ1) is 15.5. The first-order valence-corrected chi connectivity index (χ1v) is 11.8. The summed E-state index contributed by atoms with van der Waals surface area (Å²) in [6.45, 7) is 2.83. The number of carbonyl (C=O) groups excluding carboxylic acids is 2. The zero-order valence-corrected chi connectivity index (χ0v) is 19.0. The fraction of sp³-hybridized carbons (Fsp3) is 0.120. The summed E-state index contributed by atoms with van der Waals surface area (Å²) in [6.07, 6.45) is 0. The summed E-state index contributed by atoms with van der Waals surface area (Å²) in [4.78, 5) is 30.0. The molecule has 0 spiro atoms. The van der Waals surface area contributed by atoms with E-state index < -0.39 is 11.7 Å². The fourth-order valence-electron chi connectivity index (χ4n) is 3.29. The van der Waals surface area contributed by atoms with Gasteiger partial charge in [0, 0.05) is 21.0 Å². The Hall–Kier alpha value is -3.29. The van der Waals surface area contributed by atoms with E-state index in [0.29, 0.717) is 24.3 Å². The highest BCUT2D eigenvalue weighted by Crippen LogP contribution is 2.23. The van der Waals surface area contributed by atoms with Gasteiger partial charge in [0.05, 0.1) is 18.7 Å². The Morgan fingerprint density at radius 2 is 1.56 bits per heavy atom. The minimum absolute atomic E-state index is 0.0411. The molecule has 0 atom stereocenters. The van der Waals surface area contributed by atoms with E-state index >= 15 is 0 Å². The maximum Gasteiger partial charge on any atom is 0.258 e. The van der Waals surface area contributed by atoms with Gasteiger partial charge in [-0.15, -0.1) is 22.7 Å². The van der Waals surface area contributed by atoms with E-state index in [2.05, 4.69) is 5.32 Å². The maximum absolute atomic E-state index is 14.0. The van der Waals surface area contributed by atoms with Crippen LogP contribution in [0.25, 0.3) is 0 Å². The Labute approximate surface area is 194 Å². The summed E-state index contributed by atoms with van der Waals surface area (Å²) < 4.78 is 14.0. The highest BCUT2D eigenvalue weighted by Gasteiger charge is 2.20. The molecule has 0 aliphatic carbocycles. The highest BCUT2D eigenvalue weighted by atomic mass is 32.1. The van der Waals surface area contributed by atoms with Gasteiger partial charge in [-0.3, -0.25) is 9.59 Å². The number of rotatable bonds is 7. The minimum Gasteiger partial charge on any atom is -0.328 e. The third-order valence-corrected chi connectivity index (χ3v) is 6.71. The maximum atomic E-state index is 14.0. The van der Waals surface area contributed by atoms with Gasteiger partial charge in [-0.1, -0.05) is 30.3 Å². The lowest BCUT2D eigenvalue weighted by molar-refractivity contribution is 0.0733. The molecule has 0 aliphatic rings. The number of hydrogen-bond donors (Lipinski definition) is 1. The largest absolute Gasteiger partial charge is 0.328 e. The number of nitrogens with one attached hydrogen (secondary N) is 1. The van der Waals surface area contributed by atoms with Crippen LogP contribution in [0.5, 0.6) is 0 Å². The normalized spacial score (nSPS) is 10.7. The summed E-state index contributed by atoms with van der Waals surface area (Å²) >= 11 is 3.21. The lowest BCUT2D eigenvalue weighted by Crippen LogP contribution is -2.29. The molecule has 4 aromatic rings. The molecule has 2 aromatic carbocycles. The van der Waals surface area contributed by atoms with Gasteiger partial charge >= 0.3 is 0 Å². The van der Waals surface area contributed by atoms with Gasteiger partial charge in [-0.05, 0) is 59.6 Å². The van der Waals surface area contributed by atoms with Crippen LogP contribution in [0.4, 0.5) is 10.1 Å². The first kappa shape index (κ1) is 21.9. The van der Waals surface area contributed by atoms with Crippen molar-refractivity contribution in [3.05, 3.63) is 110 Å². The number of amides is 2. The van der Waals surface area contributed by atoms with Gasteiger partial charge in [0.2, 0.25) is 0 Å².